The second-order valence-electron chi connectivity index (χ2n) is 6.85. The maximum Gasteiger partial charge on any atom is 0.335 e. The van der Waals surface area contributed by atoms with Crippen LogP contribution in [0.15, 0.2) is 55.4 Å². The van der Waals surface area contributed by atoms with Crippen LogP contribution < -0.4 is 0 Å². The van der Waals surface area contributed by atoms with E-state index in [4.69, 9.17) is 10.1 Å². The van der Waals surface area contributed by atoms with Crippen molar-refractivity contribution in [3.05, 3.63) is 72.2 Å². The normalized spacial score (nSPS) is 17.7. The molecule has 138 valence electrons. The van der Waals surface area contributed by atoms with Gasteiger partial charge in [-0.3, -0.25) is 14.5 Å². The highest BCUT2D eigenvalue weighted by Gasteiger charge is 2.23. The molecule has 0 amide bonds. The summed E-state index contributed by atoms with van der Waals surface area (Å²) < 4.78 is 1.86. The molecule has 1 fully saturated rings. The van der Waals surface area contributed by atoms with Gasteiger partial charge in [0.15, 0.2) is 5.82 Å². The second-order valence-corrected chi connectivity index (χ2v) is 6.85. The van der Waals surface area contributed by atoms with E-state index in [1.165, 1.54) is 0 Å². The molecule has 3 heterocycles. The van der Waals surface area contributed by atoms with Crippen LogP contribution in [0.1, 0.15) is 40.4 Å². The molecule has 0 spiro atoms. The number of imidazole rings is 1. The van der Waals surface area contributed by atoms with Crippen LogP contribution in [-0.4, -0.2) is 48.6 Å². The Morgan fingerprint density at radius 2 is 2.04 bits per heavy atom. The van der Waals surface area contributed by atoms with Crippen LogP contribution in [0.2, 0.25) is 0 Å². The highest BCUT2D eigenvalue weighted by atomic mass is 16.4. The number of carbonyl (C=O) groups is 1. The lowest BCUT2D eigenvalue weighted by Gasteiger charge is -2.32. The molecule has 7 nitrogen and oxygen atoms in total. The molecule has 3 aromatic rings. The molecule has 0 radical (unpaired) electrons. The molecular weight excluding hydrogens is 342 g/mol. The first-order chi connectivity index (χ1) is 13.2. The van der Waals surface area contributed by atoms with E-state index in [0.717, 1.165) is 49.6 Å². The van der Waals surface area contributed by atoms with Crippen molar-refractivity contribution in [1.29, 1.82) is 0 Å². The summed E-state index contributed by atoms with van der Waals surface area (Å²) in [6.45, 7) is 2.76. The van der Waals surface area contributed by atoms with Crippen molar-refractivity contribution in [2.75, 3.05) is 13.1 Å². The van der Waals surface area contributed by atoms with Gasteiger partial charge in [-0.05, 0) is 37.1 Å². The first-order valence-electron chi connectivity index (χ1n) is 9.04. The smallest absolute Gasteiger partial charge is 0.335 e. The first kappa shape index (κ1) is 17.4. The molecule has 1 N–H and O–H groups in total. The predicted octanol–water partition coefficient (Wildman–Crippen LogP) is 2.74. The van der Waals surface area contributed by atoms with Crippen molar-refractivity contribution >= 4 is 5.97 Å². The maximum atomic E-state index is 11.0. The number of carboxylic acids is 1. The molecule has 2 aromatic heterocycles. The van der Waals surface area contributed by atoms with Crippen molar-refractivity contribution < 1.29 is 9.90 Å². The quantitative estimate of drug-likeness (QED) is 0.750. The summed E-state index contributed by atoms with van der Waals surface area (Å²) in [6.07, 6.45) is 11.1. The molecule has 1 atom stereocenters. The standard InChI is InChI=1S/C20H21N5O2/c26-20(27)16-5-3-15(4-6-16)12-24-8-1-2-17(13-24)18-10-22-11-19(23-18)25-9-7-21-14-25/h3-7,9-11,14,17H,1-2,8,12-13H2,(H,26,27)/t17-/m1/s1. The van der Waals surface area contributed by atoms with Crippen LogP contribution in [0.5, 0.6) is 0 Å². The summed E-state index contributed by atoms with van der Waals surface area (Å²) in [7, 11) is 0. The summed E-state index contributed by atoms with van der Waals surface area (Å²) in [6, 6.07) is 7.12. The van der Waals surface area contributed by atoms with Gasteiger partial charge in [0.2, 0.25) is 0 Å². The summed E-state index contributed by atoms with van der Waals surface area (Å²) in [5, 5.41) is 9.02. The largest absolute Gasteiger partial charge is 0.478 e. The van der Waals surface area contributed by atoms with E-state index < -0.39 is 5.97 Å². The first-order valence-corrected chi connectivity index (χ1v) is 9.04. The third kappa shape index (κ3) is 4.03. The number of aromatic nitrogens is 4. The van der Waals surface area contributed by atoms with Gasteiger partial charge in [0.25, 0.3) is 0 Å². The van der Waals surface area contributed by atoms with Crippen LogP contribution >= 0.6 is 0 Å². The Hall–Kier alpha value is -3.06. The fraction of sp³-hybridized carbons (Fsp3) is 0.300. The van der Waals surface area contributed by atoms with Gasteiger partial charge in [0, 0.05) is 37.6 Å². The van der Waals surface area contributed by atoms with Gasteiger partial charge in [-0.25, -0.2) is 14.8 Å². The Labute approximate surface area is 157 Å². The minimum absolute atomic E-state index is 0.321. The highest BCUT2D eigenvalue weighted by molar-refractivity contribution is 5.87. The van der Waals surface area contributed by atoms with Crippen LogP contribution in [-0.2, 0) is 6.54 Å². The molecule has 1 aromatic carbocycles. The number of hydrogen-bond donors (Lipinski definition) is 1. The van der Waals surface area contributed by atoms with Gasteiger partial charge in [-0.15, -0.1) is 0 Å². The van der Waals surface area contributed by atoms with Crippen molar-refractivity contribution in [2.45, 2.75) is 25.3 Å². The van der Waals surface area contributed by atoms with Crippen LogP contribution in [0.4, 0.5) is 0 Å². The number of benzene rings is 1. The van der Waals surface area contributed by atoms with E-state index in [9.17, 15) is 4.79 Å². The average Bonchev–Trinajstić information content (AvgIpc) is 3.24. The van der Waals surface area contributed by atoms with E-state index in [0.29, 0.717) is 11.5 Å². The predicted molar refractivity (Wildman–Crippen MR) is 99.8 cm³/mol. The van der Waals surface area contributed by atoms with Gasteiger partial charge in [-0.2, -0.15) is 0 Å². The maximum absolute atomic E-state index is 11.0. The topological polar surface area (TPSA) is 84.1 Å². The van der Waals surface area contributed by atoms with Crippen LogP contribution in [0.3, 0.4) is 0 Å². The average molecular weight is 363 g/mol. The van der Waals surface area contributed by atoms with E-state index in [-0.39, 0.29) is 0 Å². The zero-order valence-electron chi connectivity index (χ0n) is 14.9. The van der Waals surface area contributed by atoms with Gasteiger partial charge < -0.3 is 5.11 Å². The number of piperidine rings is 1. The monoisotopic (exact) mass is 363 g/mol. The minimum Gasteiger partial charge on any atom is -0.478 e. The molecule has 1 aliphatic heterocycles. The highest BCUT2D eigenvalue weighted by Crippen LogP contribution is 2.26. The van der Waals surface area contributed by atoms with Gasteiger partial charge >= 0.3 is 5.97 Å². The van der Waals surface area contributed by atoms with E-state index in [2.05, 4.69) is 14.9 Å². The molecule has 0 aliphatic carbocycles. The molecule has 0 saturated carbocycles. The van der Waals surface area contributed by atoms with E-state index >= 15 is 0 Å². The fourth-order valence-corrected chi connectivity index (χ4v) is 3.54. The van der Waals surface area contributed by atoms with Crippen LogP contribution in [0.25, 0.3) is 5.82 Å². The summed E-state index contributed by atoms with van der Waals surface area (Å²) >= 11 is 0. The van der Waals surface area contributed by atoms with Gasteiger partial charge in [0.1, 0.15) is 6.33 Å². The number of aromatic carboxylic acids is 1. The minimum atomic E-state index is -0.893. The molecular formula is C20H21N5O2. The van der Waals surface area contributed by atoms with Crippen molar-refractivity contribution in [3.8, 4) is 5.82 Å². The van der Waals surface area contributed by atoms with E-state index in [1.807, 2.05) is 29.1 Å². The number of nitrogens with zero attached hydrogens (tertiary/aromatic N) is 5. The number of carboxylic acid groups (broad SMARTS) is 1. The zero-order chi connectivity index (χ0) is 18.6. The van der Waals surface area contributed by atoms with Crippen molar-refractivity contribution in [3.63, 3.8) is 0 Å². The third-order valence-electron chi connectivity index (χ3n) is 4.94. The summed E-state index contributed by atoms with van der Waals surface area (Å²) in [5.74, 6) is 0.232. The SMILES string of the molecule is O=C(O)c1ccc(CN2CCC[C@@H](c3cncc(-n4ccnc4)n3)C2)cc1. The molecule has 1 saturated heterocycles. The lowest BCUT2D eigenvalue weighted by atomic mass is 9.94. The Bertz CT molecular complexity index is 908. The van der Waals surface area contributed by atoms with E-state index in [1.54, 1.807) is 30.9 Å². The fourth-order valence-electron chi connectivity index (χ4n) is 3.54. The van der Waals surface area contributed by atoms with Gasteiger partial charge in [0.05, 0.1) is 17.5 Å². The lowest BCUT2D eigenvalue weighted by molar-refractivity contribution is 0.0697. The number of likely N-dealkylation sites (tertiary alicyclic amines) is 1. The number of hydrogen-bond acceptors (Lipinski definition) is 5. The van der Waals surface area contributed by atoms with Crippen LogP contribution in [0, 0.1) is 0 Å². The molecule has 1 aliphatic rings. The second kappa shape index (κ2) is 7.67. The summed E-state index contributed by atoms with van der Waals surface area (Å²) in [5.41, 5.74) is 2.45. The third-order valence-corrected chi connectivity index (χ3v) is 4.94. The summed E-state index contributed by atoms with van der Waals surface area (Å²) in [4.78, 5) is 26.6. The molecule has 0 unspecified atom stereocenters. The Kier molecular flexibility index (Phi) is 4.93. The zero-order valence-corrected chi connectivity index (χ0v) is 14.9. The lowest BCUT2D eigenvalue weighted by Crippen LogP contribution is -2.34. The molecule has 0 bridgehead atoms. The number of rotatable bonds is 5. The van der Waals surface area contributed by atoms with Crippen molar-refractivity contribution in [2.24, 2.45) is 0 Å². The van der Waals surface area contributed by atoms with Gasteiger partial charge in [-0.1, -0.05) is 12.1 Å². The molecule has 27 heavy (non-hydrogen) atoms. The van der Waals surface area contributed by atoms with Crippen molar-refractivity contribution in [1.82, 2.24) is 24.4 Å². The Balaban J connectivity index is 1.45. The molecule has 7 heteroatoms. The Morgan fingerprint density at radius 1 is 1.19 bits per heavy atom. The molecule has 4 rings (SSSR count). The Morgan fingerprint density at radius 3 is 2.78 bits per heavy atom.